The zero-order chi connectivity index (χ0) is 21.8. The number of hydrogen-bond acceptors (Lipinski definition) is 5. The number of halogens is 2. The fourth-order valence-electron chi connectivity index (χ4n) is 3.18. The van der Waals surface area contributed by atoms with Gasteiger partial charge in [0.25, 0.3) is 0 Å². The van der Waals surface area contributed by atoms with E-state index in [1.807, 2.05) is 34.9 Å². The van der Waals surface area contributed by atoms with E-state index >= 15 is 0 Å². The average molecular weight is 445 g/mol. The van der Waals surface area contributed by atoms with Crippen molar-refractivity contribution in [2.75, 3.05) is 12.8 Å². The van der Waals surface area contributed by atoms with Gasteiger partial charge in [0.05, 0.1) is 5.75 Å². The second kappa shape index (κ2) is 9.47. The Morgan fingerprint density at radius 2 is 1.87 bits per heavy atom. The van der Waals surface area contributed by atoms with Gasteiger partial charge >= 0.3 is 6.61 Å². The number of thioether (sulfide) groups is 1. The number of carbonyl (C=O) groups is 1. The Hall–Kier alpha value is -2.94. The van der Waals surface area contributed by atoms with Gasteiger partial charge in [0, 0.05) is 25.2 Å². The van der Waals surface area contributed by atoms with Crippen LogP contribution in [0, 0.1) is 0 Å². The summed E-state index contributed by atoms with van der Waals surface area (Å²) in [5, 5.41) is 9.41. The van der Waals surface area contributed by atoms with Crippen LogP contribution in [0.1, 0.15) is 30.1 Å². The monoisotopic (exact) mass is 444 g/mol. The van der Waals surface area contributed by atoms with Gasteiger partial charge in [-0.05, 0) is 42.7 Å². The van der Waals surface area contributed by atoms with Gasteiger partial charge in [-0.1, -0.05) is 42.1 Å². The molecule has 1 saturated carbocycles. The molecule has 0 aliphatic heterocycles. The lowest BCUT2D eigenvalue weighted by Gasteiger charge is -2.17. The molecule has 1 aromatic heterocycles. The van der Waals surface area contributed by atoms with Crippen molar-refractivity contribution >= 4 is 17.7 Å². The number of aromatic nitrogens is 3. The minimum absolute atomic E-state index is 0.0616. The first-order chi connectivity index (χ1) is 15.0. The average Bonchev–Trinajstić information content (AvgIpc) is 3.52. The summed E-state index contributed by atoms with van der Waals surface area (Å²) in [4.78, 5) is 14.3. The maximum atomic E-state index is 12.7. The van der Waals surface area contributed by atoms with E-state index in [1.165, 1.54) is 23.9 Å². The maximum absolute atomic E-state index is 12.7. The van der Waals surface area contributed by atoms with Crippen LogP contribution < -0.4 is 4.74 Å². The molecule has 0 radical (unpaired) electrons. The van der Waals surface area contributed by atoms with Gasteiger partial charge in [-0.3, -0.25) is 9.36 Å². The van der Waals surface area contributed by atoms with Crippen molar-refractivity contribution in [2.24, 2.45) is 0 Å². The minimum atomic E-state index is -2.86. The third kappa shape index (κ3) is 5.41. The highest BCUT2D eigenvalue weighted by Crippen LogP contribution is 2.41. The Morgan fingerprint density at radius 1 is 1.16 bits per heavy atom. The molecular formula is C22H22F2N4O2S. The highest BCUT2D eigenvalue weighted by atomic mass is 32.2. The van der Waals surface area contributed by atoms with Crippen LogP contribution in [0.4, 0.5) is 8.78 Å². The summed E-state index contributed by atoms with van der Waals surface area (Å²) in [7, 11) is 1.71. The Labute approximate surface area is 183 Å². The molecular weight excluding hydrogens is 422 g/mol. The van der Waals surface area contributed by atoms with E-state index in [2.05, 4.69) is 14.9 Å². The number of carbonyl (C=O) groups excluding carboxylic acids is 1. The molecule has 0 atom stereocenters. The van der Waals surface area contributed by atoms with E-state index in [0.717, 1.165) is 29.9 Å². The van der Waals surface area contributed by atoms with E-state index in [9.17, 15) is 13.6 Å². The molecule has 1 fully saturated rings. The first kappa shape index (κ1) is 21.3. The van der Waals surface area contributed by atoms with Crippen molar-refractivity contribution in [1.82, 2.24) is 19.7 Å². The largest absolute Gasteiger partial charge is 0.435 e. The number of alkyl halides is 2. The topological polar surface area (TPSA) is 60.2 Å². The van der Waals surface area contributed by atoms with Crippen LogP contribution in [0.2, 0.25) is 0 Å². The highest BCUT2D eigenvalue weighted by molar-refractivity contribution is 7.99. The zero-order valence-corrected chi connectivity index (χ0v) is 17.8. The molecule has 0 unspecified atom stereocenters. The number of ether oxygens (including phenoxy) is 1. The van der Waals surface area contributed by atoms with Crippen LogP contribution in [-0.4, -0.2) is 45.0 Å². The SMILES string of the molecule is CN(Cc1ccc(OC(F)F)cc1)C(=O)CSc1nnc(C2CC2)n1-c1ccccc1. The minimum Gasteiger partial charge on any atom is -0.435 e. The van der Waals surface area contributed by atoms with Gasteiger partial charge in [0.15, 0.2) is 5.16 Å². The molecule has 1 heterocycles. The van der Waals surface area contributed by atoms with Crippen LogP contribution in [0.3, 0.4) is 0 Å². The van der Waals surface area contributed by atoms with Crippen LogP contribution >= 0.6 is 11.8 Å². The molecule has 1 aliphatic carbocycles. The third-order valence-corrected chi connectivity index (χ3v) is 5.85. The highest BCUT2D eigenvalue weighted by Gasteiger charge is 2.31. The molecule has 1 amide bonds. The van der Waals surface area contributed by atoms with Gasteiger partial charge in [0.1, 0.15) is 11.6 Å². The van der Waals surface area contributed by atoms with E-state index in [1.54, 1.807) is 24.1 Å². The fourth-order valence-corrected chi connectivity index (χ4v) is 4.07. The second-order valence-electron chi connectivity index (χ2n) is 7.35. The third-order valence-electron chi connectivity index (χ3n) is 4.93. The summed E-state index contributed by atoms with van der Waals surface area (Å²) >= 11 is 1.36. The lowest BCUT2D eigenvalue weighted by Crippen LogP contribution is -2.27. The summed E-state index contributed by atoms with van der Waals surface area (Å²) in [6.45, 7) is -2.49. The molecule has 0 saturated heterocycles. The van der Waals surface area contributed by atoms with Crippen molar-refractivity contribution in [2.45, 2.75) is 37.1 Å². The molecule has 0 bridgehead atoms. The standard InChI is InChI=1S/C22H22F2N4O2S/c1-27(13-15-7-11-18(12-8-15)30-21(23)24)19(29)14-31-22-26-25-20(16-9-10-16)28(22)17-5-3-2-4-6-17/h2-8,11-12,16,21H,9-10,13-14H2,1H3. The van der Waals surface area contributed by atoms with Gasteiger partial charge in [0.2, 0.25) is 5.91 Å². The summed E-state index contributed by atoms with van der Waals surface area (Å²) in [6, 6.07) is 16.2. The first-order valence-corrected chi connectivity index (χ1v) is 10.9. The van der Waals surface area contributed by atoms with E-state index in [0.29, 0.717) is 17.6 Å². The molecule has 2 aromatic carbocycles. The number of nitrogens with zero attached hydrogens (tertiary/aromatic N) is 4. The summed E-state index contributed by atoms with van der Waals surface area (Å²) in [6.07, 6.45) is 2.22. The predicted octanol–water partition coefficient (Wildman–Crippen LogP) is 4.50. The zero-order valence-electron chi connectivity index (χ0n) is 16.9. The lowest BCUT2D eigenvalue weighted by molar-refractivity contribution is -0.127. The van der Waals surface area contributed by atoms with Crippen molar-refractivity contribution in [1.29, 1.82) is 0 Å². The smallest absolute Gasteiger partial charge is 0.387 e. The summed E-state index contributed by atoms with van der Waals surface area (Å²) < 4.78 is 30.9. The molecule has 0 spiro atoms. The number of amides is 1. The van der Waals surface area contributed by atoms with Crippen molar-refractivity contribution in [3.63, 3.8) is 0 Å². The fraction of sp³-hybridized carbons (Fsp3) is 0.318. The Kier molecular flexibility index (Phi) is 6.50. The van der Waals surface area contributed by atoms with Gasteiger partial charge < -0.3 is 9.64 Å². The van der Waals surface area contributed by atoms with Crippen LogP contribution in [0.25, 0.3) is 5.69 Å². The summed E-state index contributed by atoms with van der Waals surface area (Å²) in [5.41, 5.74) is 1.81. The number of rotatable bonds is 9. The molecule has 4 rings (SSSR count). The molecule has 0 N–H and O–H groups in total. The van der Waals surface area contributed by atoms with Crippen LogP contribution in [-0.2, 0) is 11.3 Å². The Balaban J connectivity index is 1.38. The molecule has 3 aromatic rings. The van der Waals surface area contributed by atoms with Gasteiger partial charge in [-0.2, -0.15) is 8.78 Å². The van der Waals surface area contributed by atoms with Crippen molar-refractivity contribution in [3.8, 4) is 11.4 Å². The van der Waals surface area contributed by atoms with Gasteiger partial charge in [-0.25, -0.2) is 0 Å². The van der Waals surface area contributed by atoms with E-state index in [-0.39, 0.29) is 17.4 Å². The first-order valence-electron chi connectivity index (χ1n) is 9.92. The normalized spacial score (nSPS) is 13.4. The van der Waals surface area contributed by atoms with E-state index < -0.39 is 6.61 Å². The Morgan fingerprint density at radius 3 is 2.52 bits per heavy atom. The van der Waals surface area contributed by atoms with Crippen molar-refractivity contribution in [3.05, 3.63) is 66.0 Å². The quantitative estimate of drug-likeness (QED) is 0.455. The number of benzene rings is 2. The van der Waals surface area contributed by atoms with Crippen LogP contribution in [0.15, 0.2) is 59.8 Å². The molecule has 162 valence electrons. The molecule has 6 nitrogen and oxygen atoms in total. The second-order valence-corrected chi connectivity index (χ2v) is 8.29. The molecule has 1 aliphatic rings. The number of hydrogen-bond donors (Lipinski definition) is 0. The maximum Gasteiger partial charge on any atom is 0.387 e. The lowest BCUT2D eigenvalue weighted by atomic mass is 10.2. The Bertz CT molecular complexity index is 1020. The van der Waals surface area contributed by atoms with Crippen molar-refractivity contribution < 1.29 is 18.3 Å². The van der Waals surface area contributed by atoms with E-state index in [4.69, 9.17) is 0 Å². The molecule has 31 heavy (non-hydrogen) atoms. The summed E-state index contributed by atoms with van der Waals surface area (Å²) in [5.74, 6) is 1.63. The van der Waals surface area contributed by atoms with Gasteiger partial charge in [-0.15, -0.1) is 10.2 Å². The number of para-hydroxylation sites is 1. The molecule has 9 heteroatoms. The van der Waals surface area contributed by atoms with Crippen LogP contribution in [0.5, 0.6) is 5.75 Å². The predicted molar refractivity (Wildman–Crippen MR) is 114 cm³/mol.